The van der Waals surface area contributed by atoms with Crippen LogP contribution in [0.25, 0.3) is 0 Å². The predicted molar refractivity (Wildman–Crippen MR) is 119 cm³/mol. The van der Waals surface area contributed by atoms with Crippen LogP contribution in [0.2, 0.25) is 5.02 Å². The Bertz CT molecular complexity index is 856. The van der Waals surface area contributed by atoms with E-state index in [0.29, 0.717) is 12.2 Å². The number of hydrogen-bond donors (Lipinski definition) is 2. The molecule has 0 bridgehead atoms. The van der Waals surface area contributed by atoms with E-state index in [1.54, 1.807) is 19.2 Å². The number of benzene rings is 1. The third-order valence-electron chi connectivity index (χ3n) is 5.35. The molecule has 0 unspecified atom stereocenters. The highest BCUT2D eigenvalue weighted by atomic mass is 35.5. The standard InChI is InChI=1S/C23H32ClFN2O4/c1-14(2)16-13-27(9-7-19(28)29)21(30)26-23(16,6)15-11-17(24)20(18(25)12-15)31-10-8-22(3,4)5/h11-14H,7-10H2,1-6H3,(H,26,30)(H,28,29)/t23-/m0/s1. The Morgan fingerprint density at radius 3 is 2.52 bits per heavy atom. The average molecular weight is 455 g/mol. The number of halogens is 2. The minimum absolute atomic E-state index is 0.00133. The highest BCUT2D eigenvalue weighted by Gasteiger charge is 2.40. The van der Waals surface area contributed by atoms with Gasteiger partial charge in [-0.15, -0.1) is 0 Å². The minimum Gasteiger partial charge on any atom is -0.489 e. The van der Waals surface area contributed by atoms with Crippen LogP contribution in [0.5, 0.6) is 5.75 Å². The van der Waals surface area contributed by atoms with Crippen molar-refractivity contribution in [1.29, 1.82) is 0 Å². The van der Waals surface area contributed by atoms with Crippen molar-refractivity contribution in [2.45, 2.75) is 59.9 Å². The SMILES string of the molecule is CC(C)C1=CN(CCC(=O)O)C(=O)N[C@@]1(C)c1cc(F)c(OCCC(C)(C)C)c(Cl)c1. The smallest absolute Gasteiger partial charge is 0.322 e. The largest absolute Gasteiger partial charge is 0.489 e. The summed E-state index contributed by atoms with van der Waals surface area (Å²) in [5, 5.41) is 12.0. The number of carbonyl (C=O) groups is 2. The fourth-order valence-electron chi connectivity index (χ4n) is 3.51. The lowest BCUT2D eigenvalue weighted by Crippen LogP contribution is -2.55. The fraction of sp³-hybridized carbons (Fsp3) is 0.565. The van der Waals surface area contributed by atoms with Crippen molar-refractivity contribution < 1.29 is 23.8 Å². The van der Waals surface area contributed by atoms with Crippen molar-refractivity contribution in [2.75, 3.05) is 13.2 Å². The van der Waals surface area contributed by atoms with Gasteiger partial charge in [0.25, 0.3) is 0 Å². The van der Waals surface area contributed by atoms with Crippen molar-refractivity contribution in [3.8, 4) is 5.75 Å². The first-order chi connectivity index (χ1) is 14.2. The molecule has 2 rings (SSSR count). The van der Waals surface area contributed by atoms with Gasteiger partial charge in [0.15, 0.2) is 11.6 Å². The van der Waals surface area contributed by atoms with Gasteiger partial charge in [0, 0.05) is 12.7 Å². The third-order valence-corrected chi connectivity index (χ3v) is 5.63. The molecule has 0 aromatic heterocycles. The fourth-order valence-corrected chi connectivity index (χ4v) is 3.77. The molecule has 1 aromatic rings. The molecule has 1 aromatic carbocycles. The molecule has 1 aliphatic heterocycles. The van der Waals surface area contributed by atoms with Crippen LogP contribution in [-0.2, 0) is 10.3 Å². The molecule has 0 radical (unpaired) electrons. The van der Waals surface area contributed by atoms with Crippen LogP contribution in [0, 0.1) is 17.2 Å². The number of rotatable bonds is 8. The van der Waals surface area contributed by atoms with Gasteiger partial charge >= 0.3 is 12.0 Å². The highest BCUT2D eigenvalue weighted by Crippen LogP contribution is 2.40. The quantitative estimate of drug-likeness (QED) is 0.539. The van der Waals surface area contributed by atoms with Gasteiger partial charge in [-0.25, -0.2) is 9.18 Å². The van der Waals surface area contributed by atoms with Gasteiger partial charge in [0.1, 0.15) is 0 Å². The van der Waals surface area contributed by atoms with E-state index in [9.17, 15) is 14.0 Å². The first-order valence-corrected chi connectivity index (χ1v) is 10.8. The summed E-state index contributed by atoms with van der Waals surface area (Å²) < 4.78 is 20.6. The Morgan fingerprint density at radius 1 is 1.35 bits per heavy atom. The Balaban J connectivity index is 2.37. The highest BCUT2D eigenvalue weighted by molar-refractivity contribution is 6.32. The first kappa shape index (κ1) is 25.0. The summed E-state index contributed by atoms with van der Waals surface area (Å²) in [5.41, 5.74) is 0.352. The maximum absolute atomic E-state index is 15.0. The van der Waals surface area contributed by atoms with E-state index in [-0.39, 0.29) is 35.1 Å². The predicted octanol–water partition coefficient (Wildman–Crippen LogP) is 5.55. The Hall–Kier alpha value is -2.28. The van der Waals surface area contributed by atoms with Crippen LogP contribution in [-0.4, -0.2) is 35.2 Å². The molecular weight excluding hydrogens is 423 g/mol. The molecule has 1 atom stereocenters. The van der Waals surface area contributed by atoms with Gasteiger partial charge in [0.2, 0.25) is 0 Å². The van der Waals surface area contributed by atoms with E-state index < -0.39 is 23.4 Å². The van der Waals surface area contributed by atoms with Crippen LogP contribution in [0.3, 0.4) is 0 Å². The number of carboxylic acids is 1. The summed E-state index contributed by atoms with van der Waals surface area (Å²) >= 11 is 6.37. The van der Waals surface area contributed by atoms with E-state index in [4.69, 9.17) is 21.4 Å². The van der Waals surface area contributed by atoms with E-state index in [1.165, 1.54) is 11.0 Å². The summed E-state index contributed by atoms with van der Waals surface area (Å²) in [6.07, 6.45) is 2.23. The molecule has 0 aliphatic carbocycles. The summed E-state index contributed by atoms with van der Waals surface area (Å²) in [7, 11) is 0. The first-order valence-electron chi connectivity index (χ1n) is 10.4. The van der Waals surface area contributed by atoms with Crippen molar-refractivity contribution in [3.63, 3.8) is 0 Å². The number of amides is 2. The molecule has 1 heterocycles. The van der Waals surface area contributed by atoms with Crippen molar-refractivity contribution in [3.05, 3.63) is 40.3 Å². The monoisotopic (exact) mass is 454 g/mol. The van der Waals surface area contributed by atoms with Gasteiger partial charge in [-0.2, -0.15) is 0 Å². The maximum atomic E-state index is 15.0. The number of urea groups is 1. The second kappa shape index (κ2) is 9.47. The molecule has 2 amide bonds. The van der Waals surface area contributed by atoms with Crippen molar-refractivity contribution in [2.24, 2.45) is 11.3 Å². The lowest BCUT2D eigenvalue weighted by molar-refractivity contribution is -0.137. The van der Waals surface area contributed by atoms with Gasteiger partial charge < -0.3 is 20.1 Å². The maximum Gasteiger partial charge on any atom is 0.322 e. The molecule has 172 valence electrons. The lowest BCUT2D eigenvalue weighted by Gasteiger charge is -2.42. The summed E-state index contributed by atoms with van der Waals surface area (Å²) in [6, 6.07) is 2.50. The molecule has 1 aliphatic rings. The van der Waals surface area contributed by atoms with Gasteiger partial charge in [-0.3, -0.25) is 4.79 Å². The minimum atomic E-state index is -1.00. The Labute approximate surface area is 188 Å². The van der Waals surface area contributed by atoms with Crippen LogP contribution < -0.4 is 10.1 Å². The summed E-state index contributed by atoms with van der Waals surface area (Å²) in [4.78, 5) is 24.9. The van der Waals surface area contributed by atoms with Crippen LogP contribution in [0.4, 0.5) is 9.18 Å². The van der Waals surface area contributed by atoms with Crippen LogP contribution in [0.15, 0.2) is 23.9 Å². The molecule has 0 saturated carbocycles. The van der Waals surface area contributed by atoms with Crippen molar-refractivity contribution in [1.82, 2.24) is 10.2 Å². The number of aliphatic carboxylic acids is 1. The van der Waals surface area contributed by atoms with Crippen molar-refractivity contribution >= 4 is 23.6 Å². The van der Waals surface area contributed by atoms with E-state index in [2.05, 4.69) is 26.1 Å². The number of ether oxygens (including phenoxy) is 1. The Morgan fingerprint density at radius 2 is 2.00 bits per heavy atom. The molecule has 0 spiro atoms. The normalized spacial score (nSPS) is 19.3. The summed E-state index contributed by atoms with van der Waals surface area (Å²) in [5.74, 6) is -1.58. The topological polar surface area (TPSA) is 78.9 Å². The molecule has 2 N–H and O–H groups in total. The number of nitrogens with zero attached hydrogens (tertiary/aromatic N) is 1. The zero-order valence-corrected chi connectivity index (χ0v) is 19.8. The number of nitrogens with one attached hydrogen (secondary N) is 1. The zero-order chi connectivity index (χ0) is 23.6. The van der Waals surface area contributed by atoms with E-state index in [0.717, 1.165) is 12.0 Å². The third kappa shape index (κ3) is 6.12. The average Bonchev–Trinajstić information content (AvgIpc) is 2.61. The second-order valence-electron chi connectivity index (χ2n) is 9.56. The van der Waals surface area contributed by atoms with E-state index in [1.807, 2.05) is 13.8 Å². The van der Waals surface area contributed by atoms with Gasteiger partial charge in [-0.1, -0.05) is 46.2 Å². The molecule has 0 fully saturated rings. The molecular formula is C23H32ClFN2O4. The number of carboxylic acid groups (broad SMARTS) is 1. The number of hydrogen-bond acceptors (Lipinski definition) is 3. The zero-order valence-electron chi connectivity index (χ0n) is 19.0. The molecule has 6 nitrogen and oxygen atoms in total. The lowest BCUT2D eigenvalue weighted by atomic mass is 9.78. The summed E-state index contributed by atoms with van der Waals surface area (Å²) in [6.45, 7) is 12.3. The Kier molecular flexibility index (Phi) is 7.63. The number of carbonyl (C=O) groups excluding carboxylic acids is 1. The van der Waals surface area contributed by atoms with E-state index >= 15 is 0 Å². The van der Waals surface area contributed by atoms with Crippen LogP contribution in [0.1, 0.15) is 59.9 Å². The van der Waals surface area contributed by atoms with Gasteiger partial charge in [-0.05, 0) is 47.9 Å². The molecule has 8 heteroatoms. The van der Waals surface area contributed by atoms with Crippen LogP contribution >= 0.6 is 11.6 Å². The molecule has 0 saturated heterocycles. The second-order valence-corrected chi connectivity index (χ2v) is 9.97. The van der Waals surface area contributed by atoms with Gasteiger partial charge in [0.05, 0.1) is 23.6 Å². The molecule has 31 heavy (non-hydrogen) atoms.